The molecule has 1 aromatic heterocycles. The first-order valence-electron chi connectivity index (χ1n) is 7.09. The molecule has 0 bridgehead atoms. The van der Waals surface area contributed by atoms with Crippen LogP contribution in [0.2, 0.25) is 0 Å². The Morgan fingerprint density at radius 3 is 2.59 bits per heavy atom. The summed E-state index contributed by atoms with van der Waals surface area (Å²) in [7, 11) is 0. The van der Waals surface area contributed by atoms with Crippen molar-refractivity contribution in [2.24, 2.45) is 0 Å². The van der Waals surface area contributed by atoms with Crippen LogP contribution in [0.1, 0.15) is 17.0 Å². The number of nitrogens with one attached hydrogen (secondary N) is 1. The molecule has 110 valence electrons. The zero-order valence-corrected chi connectivity index (χ0v) is 11.9. The summed E-state index contributed by atoms with van der Waals surface area (Å²) in [6, 6.07) is 9.73. The van der Waals surface area contributed by atoms with E-state index in [-0.39, 0.29) is 17.8 Å². The van der Waals surface area contributed by atoms with Crippen LogP contribution in [-0.4, -0.2) is 39.9 Å². The number of aromatic nitrogens is 2. The highest BCUT2D eigenvalue weighted by Gasteiger charge is 2.24. The number of nitrogens with zero attached hydrogens (tertiary/aromatic N) is 4. The molecule has 0 saturated carbocycles. The van der Waals surface area contributed by atoms with Crippen molar-refractivity contribution in [1.29, 1.82) is 5.26 Å². The SMILES string of the molecule is N#CN1CCC(NC(=O)c2ncc(-c3ccccc3)cn2)C1. The van der Waals surface area contributed by atoms with Crippen molar-refractivity contribution in [3.05, 3.63) is 48.5 Å². The molecule has 1 saturated heterocycles. The lowest BCUT2D eigenvalue weighted by molar-refractivity contribution is 0.0928. The summed E-state index contributed by atoms with van der Waals surface area (Å²) in [5.74, 6) is -0.153. The van der Waals surface area contributed by atoms with E-state index in [9.17, 15) is 4.79 Å². The molecule has 6 nitrogen and oxygen atoms in total. The van der Waals surface area contributed by atoms with Crippen LogP contribution in [0.4, 0.5) is 0 Å². The lowest BCUT2D eigenvalue weighted by Gasteiger charge is -2.11. The number of benzene rings is 1. The number of likely N-dealkylation sites (tertiary alicyclic amines) is 1. The maximum Gasteiger partial charge on any atom is 0.289 e. The van der Waals surface area contributed by atoms with Gasteiger partial charge in [-0.1, -0.05) is 30.3 Å². The first-order valence-corrected chi connectivity index (χ1v) is 7.09. The van der Waals surface area contributed by atoms with Crippen molar-refractivity contribution in [1.82, 2.24) is 20.2 Å². The van der Waals surface area contributed by atoms with Crippen molar-refractivity contribution >= 4 is 5.91 Å². The monoisotopic (exact) mass is 293 g/mol. The Hall–Kier alpha value is -2.94. The lowest BCUT2D eigenvalue weighted by atomic mass is 10.1. The maximum absolute atomic E-state index is 12.1. The molecule has 1 fully saturated rings. The number of nitriles is 1. The van der Waals surface area contributed by atoms with Gasteiger partial charge in [0.1, 0.15) is 0 Å². The Kier molecular flexibility index (Phi) is 3.97. The highest BCUT2D eigenvalue weighted by molar-refractivity contribution is 5.90. The number of hydrogen-bond acceptors (Lipinski definition) is 5. The normalized spacial score (nSPS) is 17.0. The molecule has 1 amide bonds. The molecule has 0 spiro atoms. The first kappa shape index (κ1) is 14.0. The Labute approximate surface area is 128 Å². The highest BCUT2D eigenvalue weighted by atomic mass is 16.2. The number of carbonyl (C=O) groups is 1. The van der Waals surface area contributed by atoms with E-state index in [2.05, 4.69) is 21.5 Å². The van der Waals surface area contributed by atoms with Gasteiger partial charge in [-0.05, 0) is 12.0 Å². The molecule has 2 heterocycles. The third-order valence-electron chi connectivity index (χ3n) is 3.63. The number of carbonyl (C=O) groups excluding carboxylic acids is 1. The summed E-state index contributed by atoms with van der Waals surface area (Å²) in [6.45, 7) is 1.22. The second-order valence-corrected chi connectivity index (χ2v) is 5.17. The smallest absolute Gasteiger partial charge is 0.289 e. The van der Waals surface area contributed by atoms with Gasteiger partial charge in [-0.3, -0.25) is 4.79 Å². The topological polar surface area (TPSA) is 81.9 Å². The maximum atomic E-state index is 12.1. The summed E-state index contributed by atoms with van der Waals surface area (Å²) >= 11 is 0. The van der Waals surface area contributed by atoms with Gasteiger partial charge >= 0.3 is 0 Å². The van der Waals surface area contributed by atoms with Crippen LogP contribution in [0.5, 0.6) is 0 Å². The van der Waals surface area contributed by atoms with E-state index in [0.29, 0.717) is 13.1 Å². The van der Waals surface area contributed by atoms with Crippen LogP contribution < -0.4 is 5.32 Å². The summed E-state index contributed by atoms with van der Waals surface area (Å²) in [6.07, 6.45) is 6.14. The molecule has 1 N–H and O–H groups in total. The van der Waals surface area contributed by atoms with Crippen molar-refractivity contribution < 1.29 is 4.79 Å². The van der Waals surface area contributed by atoms with Crippen molar-refractivity contribution in [3.8, 4) is 17.3 Å². The minimum atomic E-state index is -0.301. The van der Waals surface area contributed by atoms with E-state index in [1.54, 1.807) is 17.3 Å². The van der Waals surface area contributed by atoms with Crippen LogP contribution in [0.15, 0.2) is 42.7 Å². The van der Waals surface area contributed by atoms with Crippen molar-refractivity contribution in [2.45, 2.75) is 12.5 Å². The van der Waals surface area contributed by atoms with Gasteiger partial charge in [0.05, 0.1) is 0 Å². The first-order chi connectivity index (χ1) is 10.8. The molecule has 2 aromatic rings. The van der Waals surface area contributed by atoms with E-state index in [4.69, 9.17) is 5.26 Å². The molecule has 6 heteroatoms. The third-order valence-corrected chi connectivity index (χ3v) is 3.63. The Morgan fingerprint density at radius 2 is 1.95 bits per heavy atom. The molecule has 1 aliphatic heterocycles. The van der Waals surface area contributed by atoms with Crippen LogP contribution in [0.3, 0.4) is 0 Å². The van der Waals surface area contributed by atoms with Gasteiger partial charge < -0.3 is 10.2 Å². The van der Waals surface area contributed by atoms with Gasteiger partial charge in [0.15, 0.2) is 6.19 Å². The van der Waals surface area contributed by atoms with E-state index >= 15 is 0 Å². The Bertz CT molecular complexity index is 693. The third kappa shape index (κ3) is 3.04. The van der Waals surface area contributed by atoms with Crippen molar-refractivity contribution in [2.75, 3.05) is 13.1 Å². The van der Waals surface area contributed by atoms with E-state index in [0.717, 1.165) is 17.5 Å². The fourth-order valence-electron chi connectivity index (χ4n) is 2.44. The molecule has 0 aliphatic carbocycles. The predicted octanol–water partition coefficient (Wildman–Crippen LogP) is 1.43. The van der Waals surface area contributed by atoms with Gasteiger partial charge in [0, 0.05) is 37.1 Å². The standard InChI is InChI=1S/C16H15N5O/c17-11-21-7-6-14(10-21)20-16(22)15-18-8-13(9-19-15)12-4-2-1-3-5-12/h1-5,8-9,14H,6-7,10H2,(H,20,22). The van der Waals surface area contributed by atoms with Crippen LogP contribution in [0.25, 0.3) is 11.1 Å². The Balaban J connectivity index is 1.66. The summed E-state index contributed by atoms with van der Waals surface area (Å²) < 4.78 is 0. The minimum Gasteiger partial charge on any atom is -0.345 e. The molecule has 3 rings (SSSR count). The van der Waals surface area contributed by atoms with Gasteiger partial charge in [0.2, 0.25) is 5.82 Å². The molecule has 1 aromatic carbocycles. The van der Waals surface area contributed by atoms with Crippen LogP contribution in [0, 0.1) is 11.5 Å². The fourth-order valence-corrected chi connectivity index (χ4v) is 2.44. The molecule has 22 heavy (non-hydrogen) atoms. The quantitative estimate of drug-likeness (QED) is 0.866. The molecule has 1 atom stereocenters. The summed E-state index contributed by atoms with van der Waals surface area (Å²) in [5, 5.41) is 11.7. The molecular formula is C16H15N5O. The molecule has 0 radical (unpaired) electrons. The zero-order valence-electron chi connectivity index (χ0n) is 11.9. The number of amides is 1. The molecule has 1 aliphatic rings. The summed E-state index contributed by atoms with van der Waals surface area (Å²) in [5.41, 5.74) is 1.88. The Morgan fingerprint density at radius 1 is 1.23 bits per heavy atom. The molecule has 1 unspecified atom stereocenters. The number of hydrogen-bond donors (Lipinski definition) is 1. The van der Waals surface area contributed by atoms with Gasteiger partial charge in [-0.25, -0.2) is 9.97 Å². The summed E-state index contributed by atoms with van der Waals surface area (Å²) in [4.78, 5) is 22.0. The highest BCUT2D eigenvalue weighted by Crippen LogP contribution is 2.16. The zero-order chi connectivity index (χ0) is 15.4. The van der Waals surface area contributed by atoms with Crippen LogP contribution in [-0.2, 0) is 0 Å². The van der Waals surface area contributed by atoms with Gasteiger partial charge in [-0.15, -0.1) is 0 Å². The second kappa shape index (κ2) is 6.22. The van der Waals surface area contributed by atoms with E-state index < -0.39 is 0 Å². The minimum absolute atomic E-state index is 0.0236. The van der Waals surface area contributed by atoms with Gasteiger partial charge in [-0.2, -0.15) is 5.26 Å². The predicted molar refractivity (Wildman–Crippen MR) is 80.5 cm³/mol. The lowest BCUT2D eigenvalue weighted by Crippen LogP contribution is -2.37. The van der Waals surface area contributed by atoms with Crippen molar-refractivity contribution in [3.63, 3.8) is 0 Å². The average Bonchev–Trinajstić information content (AvgIpc) is 3.03. The largest absolute Gasteiger partial charge is 0.345 e. The molecular weight excluding hydrogens is 278 g/mol. The number of rotatable bonds is 3. The van der Waals surface area contributed by atoms with Crippen LogP contribution >= 0.6 is 0 Å². The fraction of sp³-hybridized carbons (Fsp3) is 0.250. The van der Waals surface area contributed by atoms with E-state index in [1.807, 2.05) is 30.3 Å². The average molecular weight is 293 g/mol. The van der Waals surface area contributed by atoms with Gasteiger partial charge in [0.25, 0.3) is 5.91 Å². The van der Waals surface area contributed by atoms with E-state index in [1.165, 1.54) is 0 Å². The second-order valence-electron chi connectivity index (χ2n) is 5.17.